The van der Waals surface area contributed by atoms with Gasteiger partial charge in [0.2, 0.25) is 5.91 Å². The van der Waals surface area contributed by atoms with Crippen LogP contribution in [0.25, 0.3) is 0 Å². The molecular formula is C27H28N2O3. The zero-order valence-electron chi connectivity index (χ0n) is 18.7. The molecule has 1 unspecified atom stereocenters. The van der Waals surface area contributed by atoms with E-state index in [0.717, 1.165) is 22.6 Å². The Hall–Kier alpha value is -3.60. The zero-order chi connectivity index (χ0) is 22.7. The molecule has 1 aliphatic heterocycles. The second kappa shape index (κ2) is 8.87. The number of carbonyl (C=O) groups is 2. The van der Waals surface area contributed by atoms with Crippen LogP contribution in [0.2, 0.25) is 0 Å². The summed E-state index contributed by atoms with van der Waals surface area (Å²) in [6.45, 7) is 6.28. The van der Waals surface area contributed by atoms with Gasteiger partial charge in [-0.25, -0.2) is 0 Å². The molecule has 32 heavy (non-hydrogen) atoms. The fourth-order valence-electron chi connectivity index (χ4n) is 3.92. The van der Waals surface area contributed by atoms with Crippen LogP contribution in [0.3, 0.4) is 0 Å². The van der Waals surface area contributed by atoms with Crippen molar-refractivity contribution in [1.82, 2.24) is 10.2 Å². The molecule has 0 saturated carbocycles. The lowest BCUT2D eigenvalue weighted by Crippen LogP contribution is -2.47. The van der Waals surface area contributed by atoms with Gasteiger partial charge in [-0.1, -0.05) is 48.5 Å². The predicted molar refractivity (Wildman–Crippen MR) is 125 cm³/mol. The molecule has 5 nitrogen and oxygen atoms in total. The summed E-state index contributed by atoms with van der Waals surface area (Å²) in [7, 11) is 0. The van der Waals surface area contributed by atoms with E-state index in [1.165, 1.54) is 0 Å². The molecule has 2 amide bonds. The van der Waals surface area contributed by atoms with Crippen molar-refractivity contribution in [2.24, 2.45) is 0 Å². The molecule has 1 aliphatic rings. The first-order chi connectivity index (χ1) is 15.3. The lowest BCUT2D eigenvalue weighted by atomic mass is 10.0. The SMILES string of the molecule is CC(C)(C)NC(=O)C1c2ccccc2C(=O)N1CCc1ccc(Oc2ccccc2)cc1. The molecule has 3 aromatic carbocycles. The van der Waals surface area contributed by atoms with E-state index in [4.69, 9.17) is 4.74 Å². The molecule has 5 heteroatoms. The first-order valence-corrected chi connectivity index (χ1v) is 10.9. The molecule has 0 radical (unpaired) electrons. The van der Waals surface area contributed by atoms with E-state index >= 15 is 0 Å². The molecule has 1 N–H and O–H groups in total. The minimum atomic E-state index is -0.612. The van der Waals surface area contributed by atoms with E-state index < -0.39 is 6.04 Å². The lowest BCUT2D eigenvalue weighted by Gasteiger charge is -2.29. The van der Waals surface area contributed by atoms with Gasteiger partial charge in [-0.2, -0.15) is 0 Å². The molecule has 0 aliphatic carbocycles. The van der Waals surface area contributed by atoms with Crippen LogP contribution in [-0.4, -0.2) is 28.8 Å². The number of amides is 2. The third kappa shape index (κ3) is 4.83. The quantitative estimate of drug-likeness (QED) is 0.592. The molecule has 3 aromatic rings. The van der Waals surface area contributed by atoms with Gasteiger partial charge in [0.05, 0.1) is 0 Å². The highest BCUT2D eigenvalue weighted by molar-refractivity contribution is 6.04. The fraction of sp³-hybridized carbons (Fsp3) is 0.259. The van der Waals surface area contributed by atoms with Gasteiger partial charge in [0.25, 0.3) is 5.91 Å². The number of rotatable bonds is 6. The maximum atomic E-state index is 13.1. The summed E-state index contributed by atoms with van der Waals surface area (Å²) in [6, 6.07) is 24.2. The average Bonchev–Trinajstić information content (AvgIpc) is 3.05. The number of nitrogens with zero attached hydrogens (tertiary/aromatic N) is 1. The van der Waals surface area contributed by atoms with Gasteiger partial charge in [0.15, 0.2) is 0 Å². The van der Waals surface area contributed by atoms with Crippen molar-refractivity contribution in [2.45, 2.75) is 38.8 Å². The summed E-state index contributed by atoms with van der Waals surface area (Å²) in [5, 5.41) is 3.03. The average molecular weight is 429 g/mol. The van der Waals surface area contributed by atoms with Crippen LogP contribution in [0.5, 0.6) is 11.5 Å². The van der Waals surface area contributed by atoms with Gasteiger partial charge >= 0.3 is 0 Å². The molecule has 1 atom stereocenters. The molecular weight excluding hydrogens is 400 g/mol. The van der Waals surface area contributed by atoms with Crippen LogP contribution in [0.4, 0.5) is 0 Å². The van der Waals surface area contributed by atoms with Crippen molar-refractivity contribution in [3.63, 3.8) is 0 Å². The van der Waals surface area contributed by atoms with Gasteiger partial charge in [0.1, 0.15) is 17.5 Å². The van der Waals surface area contributed by atoms with Crippen molar-refractivity contribution in [3.8, 4) is 11.5 Å². The summed E-state index contributed by atoms with van der Waals surface area (Å²) in [6.07, 6.45) is 0.643. The molecule has 1 heterocycles. The van der Waals surface area contributed by atoms with Crippen molar-refractivity contribution in [2.75, 3.05) is 6.54 Å². The number of benzene rings is 3. The highest BCUT2D eigenvalue weighted by Crippen LogP contribution is 2.34. The van der Waals surface area contributed by atoms with Crippen molar-refractivity contribution >= 4 is 11.8 Å². The maximum absolute atomic E-state index is 13.1. The largest absolute Gasteiger partial charge is 0.457 e. The molecule has 4 rings (SSSR count). The number of ether oxygens (including phenoxy) is 1. The van der Waals surface area contributed by atoms with E-state index in [2.05, 4.69) is 5.32 Å². The fourth-order valence-corrected chi connectivity index (χ4v) is 3.92. The van der Waals surface area contributed by atoms with E-state index in [-0.39, 0.29) is 17.4 Å². The van der Waals surface area contributed by atoms with Crippen LogP contribution in [0.1, 0.15) is 48.3 Å². The van der Waals surface area contributed by atoms with Crippen LogP contribution in [0.15, 0.2) is 78.9 Å². The molecule has 0 spiro atoms. The third-order valence-corrected chi connectivity index (χ3v) is 5.35. The monoisotopic (exact) mass is 428 g/mol. The molecule has 0 fully saturated rings. The molecule has 0 saturated heterocycles. The van der Waals surface area contributed by atoms with Crippen LogP contribution in [0, 0.1) is 0 Å². The summed E-state index contributed by atoms with van der Waals surface area (Å²) in [4.78, 5) is 27.9. The molecule has 164 valence electrons. The second-order valence-corrected chi connectivity index (χ2v) is 9.04. The summed E-state index contributed by atoms with van der Waals surface area (Å²) < 4.78 is 5.85. The Morgan fingerprint density at radius 3 is 2.22 bits per heavy atom. The molecule has 0 bridgehead atoms. The van der Waals surface area contributed by atoms with E-state index in [9.17, 15) is 9.59 Å². The van der Waals surface area contributed by atoms with E-state index in [1.54, 1.807) is 11.0 Å². The Kier molecular flexibility index (Phi) is 5.99. The van der Waals surface area contributed by atoms with Crippen LogP contribution < -0.4 is 10.1 Å². The van der Waals surface area contributed by atoms with E-state index in [0.29, 0.717) is 18.5 Å². The third-order valence-electron chi connectivity index (χ3n) is 5.35. The zero-order valence-corrected chi connectivity index (χ0v) is 18.7. The smallest absolute Gasteiger partial charge is 0.255 e. The Bertz CT molecular complexity index is 1100. The van der Waals surface area contributed by atoms with Crippen molar-refractivity contribution < 1.29 is 14.3 Å². The van der Waals surface area contributed by atoms with E-state index in [1.807, 2.05) is 93.6 Å². The Morgan fingerprint density at radius 1 is 0.906 bits per heavy atom. The van der Waals surface area contributed by atoms with Gasteiger partial charge < -0.3 is 15.0 Å². The minimum Gasteiger partial charge on any atom is -0.457 e. The highest BCUT2D eigenvalue weighted by Gasteiger charge is 2.41. The summed E-state index contributed by atoms with van der Waals surface area (Å²) in [5.41, 5.74) is 2.07. The summed E-state index contributed by atoms with van der Waals surface area (Å²) >= 11 is 0. The van der Waals surface area contributed by atoms with Crippen LogP contribution >= 0.6 is 0 Å². The van der Waals surface area contributed by atoms with Crippen molar-refractivity contribution in [3.05, 3.63) is 95.6 Å². The second-order valence-electron chi connectivity index (χ2n) is 9.04. The first kappa shape index (κ1) is 21.6. The van der Waals surface area contributed by atoms with Gasteiger partial charge in [-0.05, 0) is 68.7 Å². The number of carbonyl (C=O) groups excluding carboxylic acids is 2. The van der Waals surface area contributed by atoms with Gasteiger partial charge in [-0.3, -0.25) is 9.59 Å². The number of nitrogens with one attached hydrogen (secondary N) is 1. The Labute approximate surface area is 189 Å². The maximum Gasteiger partial charge on any atom is 0.255 e. The minimum absolute atomic E-state index is 0.0984. The van der Waals surface area contributed by atoms with Gasteiger partial charge in [-0.15, -0.1) is 0 Å². The number of hydrogen-bond acceptors (Lipinski definition) is 3. The Morgan fingerprint density at radius 2 is 1.53 bits per heavy atom. The molecule has 0 aromatic heterocycles. The predicted octanol–water partition coefficient (Wildman–Crippen LogP) is 5.13. The lowest BCUT2D eigenvalue weighted by molar-refractivity contribution is -0.127. The standard InChI is InChI=1S/C27H28N2O3/c1-27(2,3)28-25(30)24-22-11-7-8-12-23(22)26(31)29(24)18-17-19-13-15-21(16-14-19)32-20-9-5-4-6-10-20/h4-16,24H,17-18H2,1-3H3,(H,28,30). The van der Waals surface area contributed by atoms with Crippen molar-refractivity contribution in [1.29, 1.82) is 0 Å². The number of hydrogen-bond donors (Lipinski definition) is 1. The topological polar surface area (TPSA) is 58.6 Å². The van der Waals surface area contributed by atoms with Gasteiger partial charge in [0, 0.05) is 17.6 Å². The number of para-hydroxylation sites is 1. The highest BCUT2D eigenvalue weighted by atomic mass is 16.5. The first-order valence-electron chi connectivity index (χ1n) is 10.9. The van der Waals surface area contributed by atoms with Crippen LogP contribution in [-0.2, 0) is 11.2 Å². The normalized spacial score (nSPS) is 15.4. The Balaban J connectivity index is 1.47. The summed E-state index contributed by atoms with van der Waals surface area (Å²) in [5.74, 6) is 1.29. The number of fused-ring (bicyclic) bond motifs is 1.